The van der Waals surface area contributed by atoms with Gasteiger partial charge in [-0.1, -0.05) is 35.5 Å². The minimum Gasteiger partial charge on any atom is -0.407 e. The first-order chi connectivity index (χ1) is 12.5. The molecule has 0 aliphatic heterocycles. The molecule has 0 aliphatic rings. The smallest absolute Gasteiger partial charge is 0.324 e. The minimum absolute atomic E-state index is 0.0424. The Labute approximate surface area is 156 Å². The van der Waals surface area contributed by atoms with Crippen LogP contribution in [0.15, 0.2) is 45.7 Å². The summed E-state index contributed by atoms with van der Waals surface area (Å²) in [6, 6.07) is 10.7. The van der Waals surface area contributed by atoms with Crippen molar-refractivity contribution in [2.75, 3.05) is 11.1 Å². The summed E-state index contributed by atoms with van der Waals surface area (Å²) in [4.78, 5) is 23.6. The van der Waals surface area contributed by atoms with E-state index in [4.69, 9.17) is 4.42 Å². The Morgan fingerprint density at radius 1 is 1.27 bits per heavy atom. The van der Waals surface area contributed by atoms with Crippen molar-refractivity contribution in [1.29, 1.82) is 0 Å². The first-order valence-corrected chi connectivity index (χ1v) is 9.45. The second-order valence-electron chi connectivity index (χ2n) is 5.10. The number of thiophene rings is 1. The number of nitrogens with one attached hydrogen (secondary N) is 1. The molecule has 0 radical (unpaired) electrons. The third-order valence-electron chi connectivity index (χ3n) is 3.27. The molecule has 2 aromatic heterocycles. The van der Waals surface area contributed by atoms with Gasteiger partial charge in [-0.25, -0.2) is 0 Å². The zero-order valence-electron chi connectivity index (χ0n) is 13.7. The number of anilines is 1. The highest BCUT2D eigenvalue weighted by atomic mass is 32.2. The largest absolute Gasteiger partial charge is 0.407 e. The molecule has 3 rings (SSSR count). The minimum atomic E-state index is -0.545. The number of hydrogen-bond acceptors (Lipinski definition) is 8. The quantitative estimate of drug-likeness (QED) is 0.369. The maximum absolute atomic E-state index is 12.1. The molecule has 0 unspecified atom stereocenters. The predicted octanol–water partition coefficient (Wildman–Crippen LogP) is 3.99. The lowest BCUT2D eigenvalue weighted by atomic mass is 10.1. The van der Waals surface area contributed by atoms with Crippen molar-refractivity contribution in [2.45, 2.75) is 18.2 Å². The van der Waals surface area contributed by atoms with E-state index in [1.165, 1.54) is 17.0 Å². The van der Waals surface area contributed by atoms with E-state index in [9.17, 15) is 14.9 Å². The van der Waals surface area contributed by atoms with Crippen molar-refractivity contribution in [3.63, 3.8) is 0 Å². The molecule has 1 aromatic carbocycles. The Bertz CT molecular complexity index is 920. The van der Waals surface area contributed by atoms with E-state index in [-0.39, 0.29) is 15.9 Å². The molecule has 0 fully saturated rings. The zero-order chi connectivity index (χ0) is 18.5. The number of benzene rings is 1. The summed E-state index contributed by atoms with van der Waals surface area (Å²) in [5.74, 6) is 0.854. The molecule has 1 amide bonds. The van der Waals surface area contributed by atoms with Gasteiger partial charge >= 0.3 is 11.0 Å². The first kappa shape index (κ1) is 18.1. The number of aromatic nitrogens is 2. The maximum atomic E-state index is 12.1. The normalized spacial score (nSPS) is 10.7. The summed E-state index contributed by atoms with van der Waals surface area (Å²) in [6.07, 6.45) is 0.449. The van der Waals surface area contributed by atoms with Crippen LogP contribution in [0.25, 0.3) is 0 Å². The van der Waals surface area contributed by atoms with Gasteiger partial charge in [0.1, 0.15) is 0 Å². The Balaban J connectivity index is 1.61. The van der Waals surface area contributed by atoms with Gasteiger partial charge in [0.15, 0.2) is 0 Å². The van der Waals surface area contributed by atoms with E-state index >= 15 is 0 Å². The van der Waals surface area contributed by atoms with Crippen LogP contribution >= 0.6 is 23.1 Å². The summed E-state index contributed by atoms with van der Waals surface area (Å²) in [7, 11) is 0. The lowest BCUT2D eigenvalue weighted by molar-refractivity contribution is -0.380. The molecule has 0 saturated heterocycles. The van der Waals surface area contributed by atoms with Gasteiger partial charge in [-0.2, -0.15) is 0 Å². The number of carbonyl (C=O) groups is 1. The average Bonchev–Trinajstić information content (AvgIpc) is 3.27. The highest BCUT2D eigenvalue weighted by molar-refractivity contribution is 7.99. The van der Waals surface area contributed by atoms with Gasteiger partial charge in [0.25, 0.3) is 5.91 Å². The summed E-state index contributed by atoms with van der Waals surface area (Å²) in [5.41, 5.74) is 1.01. The van der Waals surface area contributed by atoms with Crippen LogP contribution in [0.5, 0.6) is 0 Å². The number of amides is 1. The van der Waals surface area contributed by atoms with Crippen LogP contribution in [0, 0.1) is 10.1 Å². The molecule has 134 valence electrons. The van der Waals surface area contributed by atoms with Gasteiger partial charge in [-0.05, 0) is 29.5 Å². The molecular weight excluding hydrogens is 376 g/mol. The summed E-state index contributed by atoms with van der Waals surface area (Å²) in [6.45, 7) is 2.10. The Morgan fingerprint density at radius 3 is 2.69 bits per heavy atom. The van der Waals surface area contributed by atoms with Crippen LogP contribution in [0.1, 0.15) is 28.0 Å². The van der Waals surface area contributed by atoms with Crippen LogP contribution in [-0.4, -0.2) is 26.8 Å². The maximum Gasteiger partial charge on any atom is 0.324 e. The highest BCUT2D eigenvalue weighted by Gasteiger charge is 2.17. The average molecular weight is 390 g/mol. The number of nitrogens with zero attached hydrogens (tertiary/aromatic N) is 3. The van der Waals surface area contributed by atoms with E-state index < -0.39 is 10.8 Å². The number of nitro groups is 1. The Hall–Kier alpha value is -2.72. The van der Waals surface area contributed by atoms with Crippen LogP contribution < -0.4 is 5.32 Å². The summed E-state index contributed by atoms with van der Waals surface area (Å²) < 4.78 is 5.42. The lowest BCUT2D eigenvalue weighted by Gasteiger charge is -2.00. The highest BCUT2D eigenvalue weighted by Crippen LogP contribution is 2.25. The van der Waals surface area contributed by atoms with Gasteiger partial charge in [-0.15, -0.1) is 16.9 Å². The fraction of sp³-hybridized carbons (Fsp3) is 0.188. The fourth-order valence-corrected chi connectivity index (χ4v) is 3.50. The molecule has 0 aliphatic carbocycles. The SMILES string of the molecule is CCSc1ccc(Cc2nnc(NC(=O)c3ccc([N+](=O)[O-])s3)o2)cc1. The van der Waals surface area contributed by atoms with Gasteiger partial charge < -0.3 is 4.42 Å². The molecule has 2 heterocycles. The van der Waals surface area contributed by atoms with Crippen molar-refractivity contribution in [2.24, 2.45) is 0 Å². The van der Waals surface area contributed by atoms with Gasteiger partial charge in [-0.3, -0.25) is 20.2 Å². The van der Waals surface area contributed by atoms with Gasteiger partial charge in [0.2, 0.25) is 5.89 Å². The van der Waals surface area contributed by atoms with E-state index in [2.05, 4.69) is 22.4 Å². The monoisotopic (exact) mass is 390 g/mol. The fourth-order valence-electron chi connectivity index (χ4n) is 2.13. The third kappa shape index (κ3) is 4.46. The Morgan fingerprint density at radius 2 is 2.04 bits per heavy atom. The van der Waals surface area contributed by atoms with Crippen LogP contribution in [0.4, 0.5) is 11.0 Å². The zero-order valence-corrected chi connectivity index (χ0v) is 15.3. The molecule has 0 saturated carbocycles. The van der Waals surface area contributed by atoms with Crippen LogP contribution in [0.3, 0.4) is 0 Å². The second-order valence-corrected chi connectivity index (χ2v) is 7.50. The number of thioether (sulfide) groups is 1. The van der Waals surface area contributed by atoms with Crippen molar-refractivity contribution < 1.29 is 14.1 Å². The molecule has 8 nitrogen and oxygen atoms in total. The Kier molecular flexibility index (Phi) is 5.64. The first-order valence-electron chi connectivity index (χ1n) is 7.65. The van der Waals surface area contributed by atoms with Crippen molar-refractivity contribution in [1.82, 2.24) is 10.2 Å². The topological polar surface area (TPSA) is 111 Å². The van der Waals surface area contributed by atoms with Crippen molar-refractivity contribution in [3.8, 4) is 0 Å². The summed E-state index contributed by atoms with van der Waals surface area (Å²) in [5, 5.41) is 20.7. The summed E-state index contributed by atoms with van der Waals surface area (Å²) >= 11 is 2.54. The molecule has 3 aromatic rings. The lowest BCUT2D eigenvalue weighted by Crippen LogP contribution is -2.10. The van der Waals surface area contributed by atoms with Crippen molar-refractivity contribution >= 4 is 40.0 Å². The standard InChI is InChI=1S/C16H14N4O4S2/c1-2-25-11-5-3-10(4-6-11)9-13-18-19-16(24-13)17-15(21)12-7-8-14(26-12)20(22)23/h3-8H,2,9H2,1H3,(H,17,19,21). The third-order valence-corrected chi connectivity index (χ3v) is 5.20. The van der Waals surface area contributed by atoms with E-state index in [0.29, 0.717) is 12.3 Å². The number of rotatable bonds is 7. The van der Waals surface area contributed by atoms with E-state index in [1.807, 2.05) is 24.3 Å². The van der Waals surface area contributed by atoms with Crippen LogP contribution in [-0.2, 0) is 6.42 Å². The number of hydrogen-bond donors (Lipinski definition) is 1. The van der Waals surface area contributed by atoms with E-state index in [0.717, 1.165) is 22.7 Å². The molecule has 1 N–H and O–H groups in total. The molecular formula is C16H14N4O4S2. The van der Waals surface area contributed by atoms with Gasteiger partial charge in [0, 0.05) is 11.0 Å². The molecule has 10 heteroatoms. The molecule has 0 atom stereocenters. The van der Waals surface area contributed by atoms with E-state index in [1.54, 1.807) is 11.8 Å². The molecule has 0 spiro atoms. The second kappa shape index (κ2) is 8.11. The number of carbonyl (C=O) groups excluding carboxylic acids is 1. The van der Waals surface area contributed by atoms with Crippen LogP contribution in [0.2, 0.25) is 0 Å². The van der Waals surface area contributed by atoms with Crippen molar-refractivity contribution in [3.05, 3.63) is 62.8 Å². The predicted molar refractivity (Wildman–Crippen MR) is 98.9 cm³/mol. The molecule has 0 bridgehead atoms. The molecule has 26 heavy (non-hydrogen) atoms. The van der Waals surface area contributed by atoms with Gasteiger partial charge in [0.05, 0.1) is 16.2 Å².